The minimum absolute atomic E-state index is 0.370. The lowest BCUT2D eigenvalue weighted by Gasteiger charge is -2.12. The van der Waals surface area contributed by atoms with Crippen LogP contribution >= 0.6 is 11.8 Å². The van der Waals surface area contributed by atoms with E-state index in [-0.39, 0.29) is 0 Å². The molecule has 1 saturated carbocycles. The van der Waals surface area contributed by atoms with Crippen molar-refractivity contribution in [3.05, 3.63) is 0 Å². The van der Waals surface area contributed by atoms with Crippen molar-refractivity contribution < 1.29 is 5.21 Å². The van der Waals surface area contributed by atoms with Crippen LogP contribution in [0.3, 0.4) is 0 Å². The van der Waals surface area contributed by atoms with Gasteiger partial charge in [0.2, 0.25) is 0 Å². The predicted octanol–water partition coefficient (Wildman–Crippen LogP) is 2.44. The van der Waals surface area contributed by atoms with Crippen molar-refractivity contribution in [3.8, 4) is 0 Å². The Morgan fingerprint density at radius 3 is 2.79 bits per heavy atom. The standard InChI is InChI=1S/C10H20N2OS/c1-2-3-6-14-8-10(4-5-10)7-9(11)12-13/h13H,2-8H2,1H3,(H2,11,12). The molecule has 82 valence electrons. The first-order chi connectivity index (χ1) is 6.72. The Morgan fingerprint density at radius 1 is 1.57 bits per heavy atom. The van der Waals surface area contributed by atoms with Gasteiger partial charge in [-0.05, 0) is 36.2 Å². The molecule has 1 rings (SSSR count). The molecule has 0 aliphatic heterocycles. The molecule has 0 spiro atoms. The van der Waals surface area contributed by atoms with E-state index < -0.39 is 0 Å². The first-order valence-corrected chi connectivity index (χ1v) is 6.42. The average molecular weight is 216 g/mol. The minimum atomic E-state index is 0.370. The van der Waals surface area contributed by atoms with Gasteiger partial charge in [-0.3, -0.25) is 0 Å². The van der Waals surface area contributed by atoms with Crippen LogP contribution < -0.4 is 5.73 Å². The lowest BCUT2D eigenvalue weighted by molar-refractivity contribution is 0.315. The Morgan fingerprint density at radius 2 is 2.29 bits per heavy atom. The van der Waals surface area contributed by atoms with Crippen LogP contribution in [0.4, 0.5) is 0 Å². The third kappa shape index (κ3) is 3.78. The van der Waals surface area contributed by atoms with Crippen molar-refractivity contribution in [1.29, 1.82) is 0 Å². The third-order valence-corrected chi connectivity index (χ3v) is 4.09. The normalized spacial score (nSPS) is 19.6. The van der Waals surface area contributed by atoms with Crippen molar-refractivity contribution in [2.45, 2.75) is 39.0 Å². The maximum Gasteiger partial charge on any atom is 0.139 e. The Labute approximate surface area is 90.1 Å². The highest BCUT2D eigenvalue weighted by atomic mass is 32.2. The largest absolute Gasteiger partial charge is 0.409 e. The zero-order valence-corrected chi connectivity index (χ0v) is 9.65. The summed E-state index contributed by atoms with van der Waals surface area (Å²) in [7, 11) is 0. The van der Waals surface area contributed by atoms with Gasteiger partial charge in [-0.15, -0.1) is 0 Å². The van der Waals surface area contributed by atoms with Crippen LogP contribution in [0.2, 0.25) is 0 Å². The van der Waals surface area contributed by atoms with E-state index in [0.717, 1.165) is 6.42 Å². The fraction of sp³-hybridized carbons (Fsp3) is 0.900. The SMILES string of the molecule is CCCCSCC1(CC(N)=NO)CC1. The number of hydrogen-bond donors (Lipinski definition) is 2. The molecule has 0 aromatic carbocycles. The average Bonchev–Trinajstić information content (AvgIpc) is 2.93. The van der Waals surface area contributed by atoms with Crippen molar-refractivity contribution in [2.75, 3.05) is 11.5 Å². The molecule has 3 N–H and O–H groups in total. The molecule has 0 atom stereocenters. The number of amidine groups is 1. The fourth-order valence-electron chi connectivity index (χ4n) is 1.50. The monoisotopic (exact) mass is 216 g/mol. The first kappa shape index (κ1) is 11.7. The van der Waals surface area contributed by atoms with Gasteiger partial charge in [0.15, 0.2) is 0 Å². The van der Waals surface area contributed by atoms with Crippen molar-refractivity contribution >= 4 is 17.6 Å². The van der Waals surface area contributed by atoms with Crippen LogP contribution in [-0.4, -0.2) is 22.5 Å². The van der Waals surface area contributed by atoms with Gasteiger partial charge in [-0.2, -0.15) is 11.8 Å². The summed E-state index contributed by atoms with van der Waals surface area (Å²) in [6.45, 7) is 2.21. The van der Waals surface area contributed by atoms with Crippen molar-refractivity contribution in [3.63, 3.8) is 0 Å². The van der Waals surface area contributed by atoms with Crippen LogP contribution in [0.25, 0.3) is 0 Å². The van der Waals surface area contributed by atoms with Crippen LogP contribution in [0.1, 0.15) is 39.0 Å². The summed E-state index contributed by atoms with van der Waals surface area (Å²) in [6, 6.07) is 0. The van der Waals surface area contributed by atoms with E-state index in [1.54, 1.807) is 0 Å². The van der Waals surface area contributed by atoms with Gasteiger partial charge in [-0.1, -0.05) is 18.5 Å². The van der Waals surface area contributed by atoms with E-state index in [1.165, 1.54) is 37.2 Å². The van der Waals surface area contributed by atoms with Crippen LogP contribution in [0.5, 0.6) is 0 Å². The van der Waals surface area contributed by atoms with Gasteiger partial charge in [0.25, 0.3) is 0 Å². The summed E-state index contributed by atoms with van der Waals surface area (Å²) in [5, 5.41) is 11.5. The highest BCUT2D eigenvalue weighted by molar-refractivity contribution is 7.99. The second kappa shape index (κ2) is 5.49. The molecule has 3 nitrogen and oxygen atoms in total. The third-order valence-electron chi connectivity index (χ3n) is 2.69. The lowest BCUT2D eigenvalue weighted by Crippen LogP contribution is -2.19. The molecule has 0 unspecified atom stereocenters. The second-order valence-electron chi connectivity index (χ2n) is 4.17. The fourth-order valence-corrected chi connectivity index (χ4v) is 2.96. The molecule has 1 aliphatic rings. The molecular formula is C10H20N2OS. The van der Waals surface area contributed by atoms with Gasteiger partial charge in [-0.25, -0.2) is 0 Å². The number of hydrogen-bond acceptors (Lipinski definition) is 3. The summed E-state index contributed by atoms with van der Waals surface area (Å²) in [6.07, 6.45) is 5.80. The molecule has 0 heterocycles. The molecule has 0 aromatic rings. The topological polar surface area (TPSA) is 58.6 Å². The van der Waals surface area contributed by atoms with Crippen LogP contribution in [0.15, 0.2) is 5.16 Å². The summed E-state index contributed by atoms with van der Waals surface area (Å²) < 4.78 is 0. The number of rotatable bonds is 7. The molecule has 1 fully saturated rings. The van der Waals surface area contributed by atoms with Gasteiger partial charge < -0.3 is 10.9 Å². The molecule has 1 aliphatic carbocycles. The summed E-state index contributed by atoms with van der Waals surface area (Å²) >= 11 is 2.01. The summed E-state index contributed by atoms with van der Waals surface area (Å²) in [5.74, 6) is 2.80. The second-order valence-corrected chi connectivity index (χ2v) is 5.28. The molecule has 0 bridgehead atoms. The Hall–Kier alpha value is -0.380. The number of unbranched alkanes of at least 4 members (excludes halogenated alkanes) is 1. The van der Waals surface area contributed by atoms with Crippen molar-refractivity contribution in [1.82, 2.24) is 0 Å². The molecule has 4 heteroatoms. The number of thioether (sulfide) groups is 1. The van der Waals surface area contributed by atoms with E-state index in [1.807, 2.05) is 11.8 Å². The smallest absolute Gasteiger partial charge is 0.139 e. The summed E-state index contributed by atoms with van der Waals surface area (Å²) in [4.78, 5) is 0. The van der Waals surface area contributed by atoms with Crippen LogP contribution in [-0.2, 0) is 0 Å². The molecule has 14 heavy (non-hydrogen) atoms. The van der Waals surface area contributed by atoms with E-state index in [9.17, 15) is 0 Å². The summed E-state index contributed by atoms with van der Waals surface area (Å²) in [5.41, 5.74) is 5.89. The van der Waals surface area contributed by atoms with Crippen LogP contribution in [0, 0.1) is 5.41 Å². The van der Waals surface area contributed by atoms with Gasteiger partial charge >= 0.3 is 0 Å². The zero-order valence-electron chi connectivity index (χ0n) is 8.83. The Kier molecular flexibility index (Phi) is 4.58. The molecule has 0 saturated heterocycles. The lowest BCUT2D eigenvalue weighted by atomic mass is 10.1. The quantitative estimate of drug-likeness (QED) is 0.226. The maximum absolute atomic E-state index is 8.49. The van der Waals surface area contributed by atoms with Crippen molar-refractivity contribution in [2.24, 2.45) is 16.3 Å². The van der Waals surface area contributed by atoms with E-state index in [2.05, 4.69) is 12.1 Å². The van der Waals surface area contributed by atoms with E-state index in [4.69, 9.17) is 10.9 Å². The number of nitrogens with two attached hydrogens (primary N) is 1. The zero-order chi connectivity index (χ0) is 10.4. The predicted molar refractivity (Wildman–Crippen MR) is 61.9 cm³/mol. The van der Waals surface area contributed by atoms with Gasteiger partial charge in [0.05, 0.1) is 0 Å². The van der Waals surface area contributed by atoms with Gasteiger partial charge in [0.1, 0.15) is 5.84 Å². The molecule has 0 aromatic heterocycles. The maximum atomic E-state index is 8.49. The van der Waals surface area contributed by atoms with E-state index in [0.29, 0.717) is 11.3 Å². The van der Waals surface area contributed by atoms with E-state index >= 15 is 0 Å². The first-order valence-electron chi connectivity index (χ1n) is 5.26. The van der Waals surface area contributed by atoms with Gasteiger partial charge in [0, 0.05) is 6.42 Å². The highest BCUT2D eigenvalue weighted by Crippen LogP contribution is 2.51. The molecule has 0 radical (unpaired) electrons. The Bertz CT molecular complexity index is 202. The number of oxime groups is 1. The molecular weight excluding hydrogens is 196 g/mol. The number of nitrogens with zero attached hydrogens (tertiary/aromatic N) is 1. The molecule has 0 amide bonds. The minimum Gasteiger partial charge on any atom is -0.409 e. The Balaban J connectivity index is 2.16. The highest BCUT2D eigenvalue weighted by Gasteiger charge is 2.42.